The topological polar surface area (TPSA) is 85.0 Å². The molecular weight excluding hydrogens is 342 g/mol. The molecule has 1 saturated carbocycles. The molecule has 0 aromatic carbocycles. The van der Waals surface area contributed by atoms with Gasteiger partial charge in [-0.2, -0.15) is 4.98 Å². The minimum Gasteiger partial charge on any atom is -0.342 e. The van der Waals surface area contributed by atoms with E-state index in [0.717, 1.165) is 32.4 Å². The van der Waals surface area contributed by atoms with Gasteiger partial charge in [-0.3, -0.25) is 9.78 Å². The molecule has 1 amide bonds. The van der Waals surface area contributed by atoms with Crippen LogP contribution in [-0.2, 0) is 11.2 Å². The molecule has 0 spiro atoms. The van der Waals surface area contributed by atoms with Crippen molar-refractivity contribution >= 4 is 5.91 Å². The quantitative estimate of drug-likeness (QED) is 0.804. The fourth-order valence-corrected chi connectivity index (χ4v) is 4.33. The van der Waals surface area contributed by atoms with Crippen LogP contribution in [-0.4, -0.2) is 44.0 Å². The van der Waals surface area contributed by atoms with E-state index >= 15 is 0 Å². The van der Waals surface area contributed by atoms with Gasteiger partial charge >= 0.3 is 0 Å². The van der Waals surface area contributed by atoms with Gasteiger partial charge in [0, 0.05) is 38.3 Å². The Morgan fingerprint density at radius 3 is 2.78 bits per heavy atom. The second kappa shape index (κ2) is 8.59. The number of aromatic nitrogens is 4. The minimum absolute atomic E-state index is 0.331. The van der Waals surface area contributed by atoms with Crippen LogP contribution in [0.2, 0.25) is 0 Å². The van der Waals surface area contributed by atoms with Crippen molar-refractivity contribution in [3.05, 3.63) is 24.5 Å². The molecule has 0 bridgehead atoms. The maximum atomic E-state index is 12.7. The molecule has 1 unspecified atom stereocenters. The highest BCUT2D eigenvalue weighted by Crippen LogP contribution is 2.28. The van der Waals surface area contributed by atoms with Crippen LogP contribution in [0.5, 0.6) is 0 Å². The summed E-state index contributed by atoms with van der Waals surface area (Å²) in [6.45, 7) is 1.69. The Morgan fingerprint density at radius 2 is 1.96 bits per heavy atom. The lowest BCUT2D eigenvalue weighted by Gasteiger charge is -2.33. The van der Waals surface area contributed by atoms with Crippen LogP contribution in [0.15, 0.2) is 23.1 Å². The third-order valence-corrected chi connectivity index (χ3v) is 5.78. The number of carbonyl (C=O) groups excluding carboxylic acids is 1. The van der Waals surface area contributed by atoms with E-state index < -0.39 is 0 Å². The van der Waals surface area contributed by atoms with Crippen LogP contribution in [0.25, 0.3) is 11.5 Å². The highest BCUT2D eigenvalue weighted by molar-refractivity contribution is 5.76. The molecule has 7 nitrogen and oxygen atoms in total. The zero-order valence-corrected chi connectivity index (χ0v) is 15.7. The predicted octanol–water partition coefficient (Wildman–Crippen LogP) is 3.28. The van der Waals surface area contributed by atoms with Crippen molar-refractivity contribution in [2.75, 3.05) is 13.1 Å². The number of amides is 1. The fourth-order valence-electron chi connectivity index (χ4n) is 4.33. The summed E-state index contributed by atoms with van der Waals surface area (Å²) < 4.78 is 5.41. The van der Waals surface area contributed by atoms with E-state index in [1.165, 1.54) is 32.1 Å². The summed E-state index contributed by atoms with van der Waals surface area (Å²) in [5.74, 6) is 2.39. The SMILES string of the molecule is O=C(CC1CCCCC1)N1CCCC(Cc2nc(-c3cnccn3)no2)C1. The molecule has 1 aliphatic carbocycles. The van der Waals surface area contributed by atoms with Gasteiger partial charge in [0.05, 0.1) is 6.20 Å². The van der Waals surface area contributed by atoms with E-state index in [1.807, 2.05) is 0 Å². The van der Waals surface area contributed by atoms with Crippen LogP contribution in [0, 0.1) is 11.8 Å². The molecule has 2 aromatic heterocycles. The largest absolute Gasteiger partial charge is 0.342 e. The second-order valence-electron chi connectivity index (χ2n) is 7.86. The van der Waals surface area contributed by atoms with E-state index in [9.17, 15) is 4.79 Å². The first-order valence-electron chi connectivity index (χ1n) is 10.1. The summed E-state index contributed by atoms with van der Waals surface area (Å²) in [6.07, 6.45) is 14.8. The third-order valence-electron chi connectivity index (χ3n) is 5.78. The summed E-state index contributed by atoms with van der Waals surface area (Å²) in [7, 11) is 0. The molecule has 2 aromatic rings. The zero-order chi connectivity index (χ0) is 18.5. The molecule has 27 heavy (non-hydrogen) atoms. The molecule has 0 radical (unpaired) electrons. The van der Waals surface area contributed by atoms with E-state index in [4.69, 9.17) is 4.52 Å². The molecule has 7 heteroatoms. The lowest BCUT2D eigenvalue weighted by atomic mass is 9.86. The summed E-state index contributed by atoms with van der Waals surface area (Å²) in [4.78, 5) is 27.5. The number of piperidine rings is 1. The van der Waals surface area contributed by atoms with E-state index in [1.54, 1.807) is 18.6 Å². The summed E-state index contributed by atoms with van der Waals surface area (Å²) >= 11 is 0. The average Bonchev–Trinajstić information content (AvgIpc) is 3.18. The number of carbonyl (C=O) groups is 1. The first kappa shape index (κ1) is 18.1. The molecule has 4 rings (SSSR count). The van der Waals surface area contributed by atoms with Crippen LogP contribution >= 0.6 is 0 Å². The van der Waals surface area contributed by atoms with Crippen molar-refractivity contribution in [3.63, 3.8) is 0 Å². The van der Waals surface area contributed by atoms with Gasteiger partial charge in [-0.1, -0.05) is 24.4 Å². The predicted molar refractivity (Wildman–Crippen MR) is 99.5 cm³/mol. The lowest BCUT2D eigenvalue weighted by molar-refractivity contribution is -0.134. The first-order valence-corrected chi connectivity index (χ1v) is 10.1. The minimum atomic E-state index is 0.331. The Morgan fingerprint density at radius 1 is 1.11 bits per heavy atom. The van der Waals surface area contributed by atoms with Crippen LogP contribution in [0.1, 0.15) is 57.3 Å². The highest BCUT2D eigenvalue weighted by Gasteiger charge is 2.27. The first-order chi connectivity index (χ1) is 13.3. The van der Waals surface area contributed by atoms with Crippen molar-refractivity contribution in [1.82, 2.24) is 25.0 Å². The maximum Gasteiger partial charge on any atom is 0.227 e. The van der Waals surface area contributed by atoms with Crippen molar-refractivity contribution in [2.45, 2.75) is 57.8 Å². The number of nitrogens with zero attached hydrogens (tertiary/aromatic N) is 5. The smallest absolute Gasteiger partial charge is 0.227 e. The van der Waals surface area contributed by atoms with Crippen LogP contribution < -0.4 is 0 Å². The zero-order valence-electron chi connectivity index (χ0n) is 15.7. The monoisotopic (exact) mass is 369 g/mol. The van der Waals surface area contributed by atoms with E-state index in [2.05, 4.69) is 25.0 Å². The molecule has 1 saturated heterocycles. The van der Waals surface area contributed by atoms with Gasteiger partial charge in [0.1, 0.15) is 5.69 Å². The Kier molecular flexibility index (Phi) is 5.75. The molecular formula is C20H27N5O2. The molecule has 1 aliphatic heterocycles. The number of likely N-dealkylation sites (tertiary alicyclic amines) is 1. The van der Waals surface area contributed by atoms with Gasteiger partial charge in [0.2, 0.25) is 17.6 Å². The van der Waals surface area contributed by atoms with Gasteiger partial charge in [0.15, 0.2) is 0 Å². The lowest BCUT2D eigenvalue weighted by Crippen LogP contribution is -2.41. The Bertz CT molecular complexity index is 742. The van der Waals surface area contributed by atoms with E-state index in [-0.39, 0.29) is 0 Å². The van der Waals surface area contributed by atoms with E-state index in [0.29, 0.717) is 41.6 Å². The van der Waals surface area contributed by atoms with Gasteiger partial charge in [-0.25, -0.2) is 4.98 Å². The Labute approximate surface area is 159 Å². The van der Waals surface area contributed by atoms with Crippen molar-refractivity contribution in [1.29, 1.82) is 0 Å². The normalized spacial score (nSPS) is 21.3. The maximum absolute atomic E-state index is 12.7. The molecule has 2 aliphatic rings. The van der Waals surface area contributed by atoms with Crippen LogP contribution in [0.4, 0.5) is 0 Å². The summed E-state index contributed by atoms with van der Waals surface area (Å²) in [5.41, 5.74) is 0.612. The Hall–Kier alpha value is -2.31. The van der Waals surface area contributed by atoms with Gasteiger partial charge in [-0.15, -0.1) is 0 Å². The summed E-state index contributed by atoms with van der Waals surface area (Å²) in [6, 6.07) is 0. The van der Waals surface area contributed by atoms with Crippen LogP contribution in [0.3, 0.4) is 0 Å². The number of hydrogen-bond acceptors (Lipinski definition) is 6. The average molecular weight is 369 g/mol. The van der Waals surface area contributed by atoms with Gasteiger partial charge < -0.3 is 9.42 Å². The molecule has 2 fully saturated rings. The number of hydrogen-bond donors (Lipinski definition) is 0. The standard InChI is InChI=1S/C20H27N5O2/c26-19(12-15-5-2-1-3-6-15)25-10-4-7-16(14-25)11-18-23-20(24-27-18)17-13-21-8-9-22-17/h8-9,13,15-16H,1-7,10-12,14H2. The molecule has 144 valence electrons. The molecule has 0 N–H and O–H groups in total. The molecule has 3 heterocycles. The molecule has 1 atom stereocenters. The third kappa shape index (κ3) is 4.70. The van der Waals surface area contributed by atoms with Crippen molar-refractivity contribution in [2.24, 2.45) is 11.8 Å². The van der Waals surface area contributed by atoms with Gasteiger partial charge in [0.25, 0.3) is 0 Å². The second-order valence-corrected chi connectivity index (χ2v) is 7.86. The highest BCUT2D eigenvalue weighted by atomic mass is 16.5. The van der Waals surface area contributed by atoms with Crippen molar-refractivity contribution < 1.29 is 9.32 Å². The van der Waals surface area contributed by atoms with Gasteiger partial charge in [-0.05, 0) is 37.5 Å². The van der Waals surface area contributed by atoms with Crippen molar-refractivity contribution in [3.8, 4) is 11.5 Å². The Balaban J connectivity index is 1.32. The fraction of sp³-hybridized carbons (Fsp3) is 0.650. The summed E-state index contributed by atoms with van der Waals surface area (Å²) in [5, 5.41) is 4.01. The number of rotatable bonds is 5.